The Labute approximate surface area is 236 Å². The molecule has 5 atom stereocenters. The van der Waals surface area contributed by atoms with Gasteiger partial charge < -0.3 is 20.1 Å². The Balaban J connectivity index is 2.08. The number of aliphatic hydroxyl groups is 3. The number of ether oxygens (including phenoxy) is 1. The molecule has 3 N–H and O–H groups in total. The first-order chi connectivity index (χ1) is 18.3. The number of hydrogen-bond acceptors (Lipinski definition) is 7. The minimum atomic E-state index is -2.12. The van der Waals surface area contributed by atoms with Crippen LogP contribution < -0.4 is 0 Å². The van der Waals surface area contributed by atoms with Crippen LogP contribution in [0, 0.1) is 22.2 Å². The smallest absolute Gasteiger partial charge is 0.184 e. The van der Waals surface area contributed by atoms with Crippen LogP contribution in [0.15, 0.2) is 66.0 Å². The molecule has 2 fully saturated rings. The second kappa shape index (κ2) is 9.61. The molecule has 3 aliphatic rings. The van der Waals surface area contributed by atoms with E-state index in [-0.39, 0.29) is 36.2 Å². The first-order valence-corrected chi connectivity index (χ1v) is 13.9. The van der Waals surface area contributed by atoms with E-state index >= 15 is 0 Å². The van der Waals surface area contributed by atoms with Gasteiger partial charge in [-0.15, -0.1) is 0 Å². The van der Waals surface area contributed by atoms with E-state index in [0.717, 1.165) is 0 Å². The fraction of sp³-hybridized carbons (Fsp3) is 0.545. The molecule has 0 unspecified atom stereocenters. The molecule has 2 bridgehead atoms. The molecule has 7 heteroatoms. The second-order valence-corrected chi connectivity index (χ2v) is 13.6. The molecule has 1 aliphatic heterocycles. The predicted molar refractivity (Wildman–Crippen MR) is 151 cm³/mol. The monoisotopic (exact) mass is 550 g/mol. The molecule has 2 aliphatic carbocycles. The zero-order valence-corrected chi connectivity index (χ0v) is 24.6. The van der Waals surface area contributed by atoms with Crippen molar-refractivity contribution in [2.45, 2.75) is 91.1 Å². The van der Waals surface area contributed by atoms with Crippen molar-refractivity contribution in [3.8, 4) is 0 Å². The van der Waals surface area contributed by atoms with Gasteiger partial charge in [-0.25, -0.2) is 0 Å². The summed E-state index contributed by atoms with van der Waals surface area (Å²) in [7, 11) is 0. The molecular weight excluding hydrogens is 508 g/mol. The lowest BCUT2D eigenvalue weighted by Gasteiger charge is -2.58. The van der Waals surface area contributed by atoms with Gasteiger partial charge in [0.25, 0.3) is 0 Å². The van der Waals surface area contributed by atoms with Gasteiger partial charge in [0.15, 0.2) is 22.8 Å². The number of rotatable bonds is 8. The Bertz CT molecular complexity index is 1300. The summed E-state index contributed by atoms with van der Waals surface area (Å²) < 4.78 is 6.30. The number of carbonyl (C=O) groups is 3. The quantitative estimate of drug-likeness (QED) is 0.247. The predicted octanol–water partition coefficient (Wildman–Crippen LogP) is 4.51. The van der Waals surface area contributed by atoms with Crippen LogP contribution in [-0.4, -0.2) is 56.1 Å². The average Bonchev–Trinajstić information content (AvgIpc) is 3.24. The van der Waals surface area contributed by atoms with Crippen molar-refractivity contribution in [1.29, 1.82) is 0 Å². The van der Waals surface area contributed by atoms with Gasteiger partial charge in [0.2, 0.25) is 0 Å². The van der Waals surface area contributed by atoms with E-state index in [1.54, 1.807) is 91.0 Å². The Morgan fingerprint density at radius 2 is 1.73 bits per heavy atom. The second-order valence-electron chi connectivity index (χ2n) is 13.6. The van der Waals surface area contributed by atoms with Crippen LogP contribution >= 0.6 is 0 Å². The molecule has 40 heavy (non-hydrogen) atoms. The maximum absolute atomic E-state index is 15.0. The molecule has 216 valence electrons. The molecule has 1 saturated carbocycles. The Kier molecular flexibility index (Phi) is 7.23. The number of Topliss-reactive ketones (excluding diaryl/α,β-unsaturated/α-hetero) is 3. The number of fused-ring (bicyclic) bond motifs is 1. The lowest BCUT2D eigenvalue weighted by atomic mass is 9.39. The summed E-state index contributed by atoms with van der Waals surface area (Å²) in [4.78, 5) is 44.4. The number of aliphatic hydroxyl groups excluding tert-OH is 1. The van der Waals surface area contributed by atoms with Gasteiger partial charge in [-0.2, -0.15) is 0 Å². The number of ketones is 3. The molecule has 1 saturated heterocycles. The highest BCUT2D eigenvalue weighted by molar-refractivity contribution is 6.36. The van der Waals surface area contributed by atoms with Crippen LogP contribution in [-0.2, 0) is 14.3 Å². The number of hydrogen-bond donors (Lipinski definition) is 3. The minimum Gasteiger partial charge on any atom is -0.490 e. The molecule has 1 aromatic carbocycles. The lowest BCUT2D eigenvalue weighted by Crippen LogP contribution is -2.69. The van der Waals surface area contributed by atoms with Gasteiger partial charge in [-0.05, 0) is 52.4 Å². The average molecular weight is 551 g/mol. The van der Waals surface area contributed by atoms with E-state index in [1.165, 1.54) is 0 Å². The van der Waals surface area contributed by atoms with Crippen molar-refractivity contribution in [2.24, 2.45) is 22.2 Å². The van der Waals surface area contributed by atoms with Crippen LogP contribution in [0.5, 0.6) is 0 Å². The SMILES string of the molecule is C=C(C)[C@H](O)CC1=C2O[C@@H](C(C)(C)O)C[C@]23C[C@@H](C=CC(C)(C)O)C(C)(C)[C@](C(=O)c2ccccc2)(C1=O)C3=O. The van der Waals surface area contributed by atoms with Gasteiger partial charge in [-0.1, -0.05) is 68.5 Å². The van der Waals surface area contributed by atoms with Crippen LogP contribution in [0.2, 0.25) is 0 Å². The van der Waals surface area contributed by atoms with Crippen molar-refractivity contribution in [1.82, 2.24) is 0 Å². The minimum absolute atomic E-state index is 0.0807. The largest absolute Gasteiger partial charge is 0.490 e. The molecule has 1 heterocycles. The number of allylic oxidation sites excluding steroid dienone is 2. The summed E-state index contributed by atoms with van der Waals surface area (Å²) in [5.74, 6) is -2.14. The van der Waals surface area contributed by atoms with Crippen molar-refractivity contribution >= 4 is 17.3 Å². The zero-order valence-electron chi connectivity index (χ0n) is 24.6. The molecule has 1 aromatic rings. The number of benzene rings is 1. The Morgan fingerprint density at radius 1 is 1.12 bits per heavy atom. The van der Waals surface area contributed by atoms with Crippen molar-refractivity contribution in [3.63, 3.8) is 0 Å². The molecule has 7 nitrogen and oxygen atoms in total. The highest BCUT2D eigenvalue weighted by Gasteiger charge is 2.77. The molecule has 0 radical (unpaired) electrons. The highest BCUT2D eigenvalue weighted by Crippen LogP contribution is 2.68. The van der Waals surface area contributed by atoms with Crippen LogP contribution in [0.25, 0.3) is 0 Å². The van der Waals surface area contributed by atoms with E-state index in [4.69, 9.17) is 4.74 Å². The maximum atomic E-state index is 15.0. The van der Waals surface area contributed by atoms with Gasteiger partial charge >= 0.3 is 0 Å². The van der Waals surface area contributed by atoms with E-state index in [9.17, 15) is 29.7 Å². The van der Waals surface area contributed by atoms with E-state index in [1.807, 2.05) is 0 Å². The summed E-state index contributed by atoms with van der Waals surface area (Å²) in [6, 6.07) is 8.34. The van der Waals surface area contributed by atoms with Crippen LogP contribution in [0.3, 0.4) is 0 Å². The molecule has 0 aromatic heterocycles. The molecule has 1 spiro atoms. The van der Waals surface area contributed by atoms with Crippen LogP contribution in [0.1, 0.15) is 78.1 Å². The van der Waals surface area contributed by atoms with Gasteiger partial charge in [-0.3, -0.25) is 14.4 Å². The van der Waals surface area contributed by atoms with E-state index < -0.39 is 62.9 Å². The van der Waals surface area contributed by atoms with Crippen LogP contribution in [0.4, 0.5) is 0 Å². The first-order valence-electron chi connectivity index (χ1n) is 13.9. The van der Waals surface area contributed by atoms with E-state index in [2.05, 4.69) is 6.58 Å². The number of carbonyl (C=O) groups excluding carboxylic acids is 3. The third-order valence-corrected chi connectivity index (χ3v) is 9.22. The molecule has 4 rings (SSSR count). The zero-order chi connectivity index (χ0) is 30.1. The van der Waals surface area contributed by atoms with Crippen molar-refractivity contribution in [2.75, 3.05) is 0 Å². The standard InChI is InChI=1S/C33H42O7/c1-19(2)23(34)16-22-26(36)33(25(35)20-12-10-9-11-13-20)28(37)32(18-24(31(7,8)39)40-27(22)32)17-21(30(33,5)6)14-15-29(3,4)38/h9-15,21,23-24,34,38-39H,1,16-18H2,2-8H3/t21-,23-,24-,32-,33-/m1/s1. The first kappa shape index (κ1) is 30.1. The third-order valence-electron chi connectivity index (χ3n) is 9.22. The highest BCUT2D eigenvalue weighted by atomic mass is 16.5. The summed E-state index contributed by atoms with van der Waals surface area (Å²) in [5.41, 5.74) is -6.45. The molecule has 0 amide bonds. The summed E-state index contributed by atoms with van der Waals surface area (Å²) >= 11 is 0. The van der Waals surface area contributed by atoms with Gasteiger partial charge in [0.1, 0.15) is 11.9 Å². The van der Waals surface area contributed by atoms with E-state index in [0.29, 0.717) is 5.57 Å². The summed E-state index contributed by atoms with van der Waals surface area (Å²) in [6.07, 6.45) is 1.65. The topological polar surface area (TPSA) is 121 Å². The normalized spacial score (nSPS) is 30.8. The van der Waals surface area contributed by atoms with Crippen molar-refractivity contribution < 1.29 is 34.4 Å². The fourth-order valence-electron chi connectivity index (χ4n) is 6.73. The fourth-order valence-corrected chi connectivity index (χ4v) is 6.73. The summed E-state index contributed by atoms with van der Waals surface area (Å²) in [6.45, 7) is 15.4. The molecular formula is C33H42O7. The van der Waals surface area contributed by atoms with Gasteiger partial charge in [0, 0.05) is 24.0 Å². The Morgan fingerprint density at radius 3 is 2.25 bits per heavy atom. The Hall–Kier alpha value is -2.87. The van der Waals surface area contributed by atoms with Gasteiger partial charge in [0.05, 0.1) is 22.7 Å². The maximum Gasteiger partial charge on any atom is 0.184 e. The third kappa shape index (κ3) is 4.43. The summed E-state index contributed by atoms with van der Waals surface area (Å²) in [5, 5.41) is 32.4. The lowest BCUT2D eigenvalue weighted by molar-refractivity contribution is -0.161. The van der Waals surface area contributed by atoms with Crippen molar-refractivity contribution in [3.05, 3.63) is 71.5 Å².